The molecule has 0 spiro atoms. The van der Waals surface area contributed by atoms with E-state index >= 15 is 0 Å². The highest BCUT2D eigenvalue weighted by Gasteiger charge is 2.24. The number of ether oxygens (including phenoxy) is 1. The van der Waals surface area contributed by atoms with E-state index in [9.17, 15) is 9.59 Å². The molecule has 0 aliphatic carbocycles. The maximum Gasteiger partial charge on any atom is 0.257 e. The van der Waals surface area contributed by atoms with Crippen molar-refractivity contribution in [3.63, 3.8) is 0 Å². The van der Waals surface area contributed by atoms with Crippen molar-refractivity contribution < 1.29 is 18.7 Å². The average Bonchev–Trinajstić information content (AvgIpc) is 3.19. The summed E-state index contributed by atoms with van der Waals surface area (Å²) in [6.07, 6.45) is 1.78. The van der Waals surface area contributed by atoms with Crippen LogP contribution >= 0.6 is 11.6 Å². The van der Waals surface area contributed by atoms with Crippen LogP contribution in [0, 0.1) is 6.92 Å². The van der Waals surface area contributed by atoms with E-state index in [1.807, 2.05) is 29.2 Å². The molecule has 2 amide bonds. The Morgan fingerprint density at radius 3 is 2.50 bits per heavy atom. The molecular weight excluding hydrogens is 406 g/mol. The van der Waals surface area contributed by atoms with Crippen LogP contribution in [0.3, 0.4) is 0 Å². The number of hydrogen-bond acceptors (Lipinski definition) is 5. The molecule has 0 bridgehead atoms. The minimum absolute atomic E-state index is 0.0490. The van der Waals surface area contributed by atoms with Gasteiger partial charge in [0, 0.05) is 52.8 Å². The van der Waals surface area contributed by atoms with E-state index < -0.39 is 0 Å². The van der Waals surface area contributed by atoms with Crippen molar-refractivity contribution in [1.29, 1.82) is 0 Å². The van der Waals surface area contributed by atoms with Gasteiger partial charge < -0.3 is 23.9 Å². The Bertz CT molecular complexity index is 862. The Balaban J connectivity index is 1.54. The first kappa shape index (κ1) is 22.2. The first-order valence-electron chi connectivity index (χ1n) is 10.1. The Labute approximate surface area is 182 Å². The fourth-order valence-electron chi connectivity index (χ4n) is 3.59. The summed E-state index contributed by atoms with van der Waals surface area (Å²) in [5.41, 5.74) is 1.52. The van der Waals surface area contributed by atoms with Gasteiger partial charge in [0.25, 0.3) is 5.91 Å². The lowest BCUT2D eigenvalue weighted by Gasteiger charge is -2.36. The molecule has 8 heteroatoms. The first-order chi connectivity index (χ1) is 14.5. The molecule has 30 heavy (non-hydrogen) atoms. The smallest absolute Gasteiger partial charge is 0.257 e. The monoisotopic (exact) mass is 433 g/mol. The molecule has 162 valence electrons. The van der Waals surface area contributed by atoms with Crippen molar-refractivity contribution in [3.8, 4) is 0 Å². The molecule has 1 aliphatic rings. The van der Waals surface area contributed by atoms with Crippen LogP contribution < -0.4 is 4.90 Å². The molecule has 1 aliphatic heterocycles. The van der Waals surface area contributed by atoms with E-state index in [2.05, 4.69) is 4.90 Å². The number of hydrogen-bond donors (Lipinski definition) is 0. The standard InChI is InChI=1S/C22H28ClN3O4/c1-17-18(8-15-30-17)22(28)26(14-16-29-2)9-7-21(27)25-12-10-24(11-13-25)20-6-4-3-5-19(20)23/h3-6,8,15H,7,9-14,16H2,1-2H3. The van der Waals surface area contributed by atoms with Crippen molar-refractivity contribution >= 4 is 29.1 Å². The van der Waals surface area contributed by atoms with E-state index in [0.717, 1.165) is 23.8 Å². The van der Waals surface area contributed by atoms with Crippen molar-refractivity contribution in [2.45, 2.75) is 13.3 Å². The lowest BCUT2D eigenvalue weighted by molar-refractivity contribution is -0.131. The fraction of sp³-hybridized carbons (Fsp3) is 0.455. The van der Waals surface area contributed by atoms with Gasteiger partial charge in [-0.05, 0) is 25.1 Å². The largest absolute Gasteiger partial charge is 0.469 e. The number of nitrogens with zero attached hydrogens (tertiary/aromatic N) is 3. The molecule has 1 aromatic heterocycles. The molecule has 0 N–H and O–H groups in total. The summed E-state index contributed by atoms with van der Waals surface area (Å²) in [6.45, 7) is 5.67. The van der Waals surface area contributed by atoms with Gasteiger partial charge in [0.2, 0.25) is 5.91 Å². The number of methoxy groups -OCH3 is 1. The number of rotatable bonds is 8. The van der Waals surface area contributed by atoms with Gasteiger partial charge in [0.05, 0.1) is 29.1 Å². The van der Waals surface area contributed by atoms with Gasteiger partial charge in [0.15, 0.2) is 0 Å². The van der Waals surface area contributed by atoms with E-state index in [4.69, 9.17) is 20.8 Å². The molecule has 0 atom stereocenters. The number of para-hydroxylation sites is 1. The zero-order valence-corrected chi connectivity index (χ0v) is 18.2. The van der Waals surface area contributed by atoms with Gasteiger partial charge in [-0.25, -0.2) is 0 Å². The molecule has 1 saturated heterocycles. The summed E-state index contributed by atoms with van der Waals surface area (Å²) < 4.78 is 10.4. The van der Waals surface area contributed by atoms with Crippen LogP contribution in [0.15, 0.2) is 41.0 Å². The van der Waals surface area contributed by atoms with Crippen LogP contribution in [-0.4, -0.2) is 74.6 Å². The first-order valence-corrected chi connectivity index (χ1v) is 10.5. The molecule has 3 rings (SSSR count). The molecule has 0 radical (unpaired) electrons. The highest BCUT2D eigenvalue weighted by atomic mass is 35.5. The molecular formula is C22H28ClN3O4. The predicted octanol–water partition coefficient (Wildman–Crippen LogP) is 3.07. The summed E-state index contributed by atoms with van der Waals surface area (Å²) >= 11 is 6.29. The topological polar surface area (TPSA) is 66.2 Å². The lowest BCUT2D eigenvalue weighted by Crippen LogP contribution is -2.49. The number of amides is 2. The molecule has 2 heterocycles. The number of carbonyl (C=O) groups excluding carboxylic acids is 2. The number of piperazine rings is 1. The van der Waals surface area contributed by atoms with E-state index in [1.165, 1.54) is 6.26 Å². The number of carbonyl (C=O) groups is 2. The molecule has 2 aromatic rings. The summed E-state index contributed by atoms with van der Waals surface area (Å²) in [5.74, 6) is 0.479. The van der Waals surface area contributed by atoms with E-state index in [-0.39, 0.29) is 18.2 Å². The second kappa shape index (κ2) is 10.5. The number of aryl methyl sites for hydroxylation is 1. The summed E-state index contributed by atoms with van der Waals surface area (Å²) in [7, 11) is 1.59. The third kappa shape index (κ3) is 5.34. The minimum Gasteiger partial charge on any atom is -0.469 e. The third-order valence-electron chi connectivity index (χ3n) is 5.36. The average molecular weight is 434 g/mol. The van der Waals surface area contributed by atoms with Crippen LogP contribution in [0.1, 0.15) is 22.5 Å². The van der Waals surface area contributed by atoms with Crippen molar-refractivity contribution in [1.82, 2.24) is 9.80 Å². The number of furan rings is 1. The molecule has 1 fully saturated rings. The molecule has 1 aromatic carbocycles. The zero-order chi connectivity index (χ0) is 21.5. The summed E-state index contributed by atoms with van der Waals surface area (Å²) in [5, 5.41) is 0.721. The van der Waals surface area contributed by atoms with Crippen LogP contribution in [0.5, 0.6) is 0 Å². The zero-order valence-electron chi connectivity index (χ0n) is 17.5. The second-order valence-electron chi connectivity index (χ2n) is 7.24. The number of anilines is 1. The number of halogens is 1. The molecule has 7 nitrogen and oxygen atoms in total. The van der Waals surface area contributed by atoms with Crippen LogP contribution in [-0.2, 0) is 9.53 Å². The number of benzene rings is 1. The van der Waals surface area contributed by atoms with Gasteiger partial charge in [-0.15, -0.1) is 0 Å². The minimum atomic E-state index is -0.144. The van der Waals surface area contributed by atoms with Gasteiger partial charge in [-0.3, -0.25) is 9.59 Å². The van der Waals surface area contributed by atoms with Gasteiger partial charge in [-0.2, -0.15) is 0 Å². The highest BCUT2D eigenvalue weighted by molar-refractivity contribution is 6.33. The second-order valence-corrected chi connectivity index (χ2v) is 7.65. The van der Waals surface area contributed by atoms with Crippen molar-refractivity contribution in [3.05, 3.63) is 52.9 Å². The summed E-state index contributed by atoms with van der Waals surface area (Å²) in [4.78, 5) is 31.3. The SMILES string of the molecule is COCCN(CCC(=O)N1CCN(c2ccccc2Cl)CC1)C(=O)c1ccoc1C. The van der Waals surface area contributed by atoms with Crippen LogP contribution in [0.4, 0.5) is 5.69 Å². The Morgan fingerprint density at radius 1 is 1.13 bits per heavy atom. The van der Waals surface area contributed by atoms with E-state index in [0.29, 0.717) is 44.1 Å². The van der Waals surface area contributed by atoms with Gasteiger partial charge >= 0.3 is 0 Å². The lowest BCUT2D eigenvalue weighted by atomic mass is 10.2. The van der Waals surface area contributed by atoms with Crippen molar-refractivity contribution in [2.24, 2.45) is 0 Å². The maximum absolute atomic E-state index is 12.8. The molecule has 0 saturated carbocycles. The Morgan fingerprint density at radius 2 is 1.87 bits per heavy atom. The van der Waals surface area contributed by atoms with Crippen molar-refractivity contribution in [2.75, 3.05) is 57.9 Å². The van der Waals surface area contributed by atoms with Crippen LogP contribution in [0.25, 0.3) is 0 Å². The highest BCUT2D eigenvalue weighted by Crippen LogP contribution is 2.26. The normalized spacial score (nSPS) is 14.1. The summed E-state index contributed by atoms with van der Waals surface area (Å²) in [6, 6.07) is 9.41. The Kier molecular flexibility index (Phi) is 7.76. The van der Waals surface area contributed by atoms with Gasteiger partial charge in [-0.1, -0.05) is 23.7 Å². The quantitative estimate of drug-likeness (QED) is 0.640. The fourth-order valence-corrected chi connectivity index (χ4v) is 3.84. The van der Waals surface area contributed by atoms with E-state index in [1.54, 1.807) is 25.0 Å². The Hall–Kier alpha value is -2.51. The van der Waals surface area contributed by atoms with Crippen LogP contribution in [0.2, 0.25) is 5.02 Å². The predicted molar refractivity (Wildman–Crippen MR) is 116 cm³/mol. The van der Waals surface area contributed by atoms with Gasteiger partial charge in [0.1, 0.15) is 5.76 Å². The third-order valence-corrected chi connectivity index (χ3v) is 5.68. The maximum atomic E-state index is 12.8. The molecule has 0 unspecified atom stereocenters.